The Hall–Kier alpha value is -4.90. The van der Waals surface area contributed by atoms with Crippen molar-refractivity contribution in [2.45, 2.75) is 6.92 Å². The zero-order valence-electron chi connectivity index (χ0n) is 21.2. The van der Waals surface area contributed by atoms with Crippen LogP contribution in [0.15, 0.2) is 87.2 Å². The third-order valence-corrected chi connectivity index (χ3v) is 6.13. The molecule has 11 heteroatoms. The van der Waals surface area contributed by atoms with Crippen LogP contribution in [0.2, 0.25) is 0 Å². The SMILES string of the molecule is Cc1cccc(-n2c(=O)[nH]c(=O)n(-c3ccc(Oc4ccccc4)c(OCC(=O)N4CCOCC4)c3)c2=O)c1. The fourth-order valence-corrected chi connectivity index (χ4v) is 4.19. The molecule has 1 saturated heterocycles. The first kappa shape index (κ1) is 25.7. The molecule has 1 aromatic heterocycles. The van der Waals surface area contributed by atoms with Crippen LogP contribution in [0.5, 0.6) is 17.2 Å². The van der Waals surface area contributed by atoms with E-state index < -0.39 is 17.1 Å². The summed E-state index contributed by atoms with van der Waals surface area (Å²) >= 11 is 0. The third kappa shape index (κ3) is 5.68. The number of H-pyrrole nitrogens is 1. The van der Waals surface area contributed by atoms with Gasteiger partial charge in [-0.3, -0.25) is 9.78 Å². The van der Waals surface area contributed by atoms with Gasteiger partial charge in [-0.25, -0.2) is 23.5 Å². The minimum atomic E-state index is -0.916. The number of hydrogen-bond donors (Lipinski definition) is 1. The van der Waals surface area contributed by atoms with Gasteiger partial charge in [0.25, 0.3) is 5.91 Å². The second-order valence-electron chi connectivity index (χ2n) is 8.86. The maximum Gasteiger partial charge on any atom is 0.345 e. The molecule has 0 unspecified atom stereocenters. The van der Waals surface area contributed by atoms with Crippen molar-refractivity contribution in [3.05, 3.63) is 110 Å². The second-order valence-corrected chi connectivity index (χ2v) is 8.86. The number of morpholine rings is 1. The molecular formula is C28H26N4O7. The first-order chi connectivity index (χ1) is 18.9. The van der Waals surface area contributed by atoms with Gasteiger partial charge in [0.15, 0.2) is 18.1 Å². The molecule has 1 aliphatic rings. The van der Waals surface area contributed by atoms with E-state index in [2.05, 4.69) is 4.98 Å². The van der Waals surface area contributed by atoms with Gasteiger partial charge in [-0.05, 0) is 48.9 Å². The molecule has 0 atom stereocenters. The van der Waals surface area contributed by atoms with Crippen LogP contribution in [0.25, 0.3) is 11.4 Å². The van der Waals surface area contributed by atoms with Crippen molar-refractivity contribution in [2.75, 3.05) is 32.9 Å². The zero-order chi connectivity index (χ0) is 27.4. The van der Waals surface area contributed by atoms with Gasteiger partial charge in [0, 0.05) is 19.2 Å². The van der Waals surface area contributed by atoms with Gasteiger partial charge in [0.1, 0.15) is 5.75 Å². The number of amides is 1. The first-order valence-corrected chi connectivity index (χ1v) is 12.3. The molecule has 0 spiro atoms. The second kappa shape index (κ2) is 11.2. The Morgan fingerprint density at radius 1 is 0.846 bits per heavy atom. The van der Waals surface area contributed by atoms with Gasteiger partial charge >= 0.3 is 17.1 Å². The molecule has 1 fully saturated rings. The summed E-state index contributed by atoms with van der Waals surface area (Å²) in [5.74, 6) is 0.698. The molecular weight excluding hydrogens is 504 g/mol. The summed E-state index contributed by atoms with van der Waals surface area (Å²) in [7, 11) is 0. The van der Waals surface area contributed by atoms with Crippen molar-refractivity contribution in [2.24, 2.45) is 0 Å². The quantitative estimate of drug-likeness (QED) is 0.388. The van der Waals surface area contributed by atoms with Crippen LogP contribution < -0.4 is 26.5 Å². The molecule has 0 aliphatic carbocycles. The lowest BCUT2D eigenvalue weighted by molar-refractivity contribution is -0.137. The molecule has 3 aromatic carbocycles. The maximum atomic E-state index is 13.4. The summed E-state index contributed by atoms with van der Waals surface area (Å²) in [6.07, 6.45) is 0. The smallest absolute Gasteiger partial charge is 0.345 e. The maximum absolute atomic E-state index is 13.4. The molecule has 11 nitrogen and oxygen atoms in total. The van der Waals surface area contributed by atoms with E-state index in [0.29, 0.717) is 37.7 Å². The number of aromatic amines is 1. The lowest BCUT2D eigenvalue weighted by Gasteiger charge is -2.26. The topological polar surface area (TPSA) is 125 Å². The number of benzene rings is 3. The Kier molecular flexibility index (Phi) is 7.41. The molecule has 200 valence electrons. The molecule has 1 aliphatic heterocycles. The number of ether oxygens (including phenoxy) is 3. The first-order valence-electron chi connectivity index (χ1n) is 12.3. The van der Waals surface area contributed by atoms with Gasteiger partial charge in [-0.2, -0.15) is 0 Å². The van der Waals surface area contributed by atoms with Crippen molar-refractivity contribution < 1.29 is 19.0 Å². The number of aromatic nitrogens is 3. The molecule has 39 heavy (non-hydrogen) atoms. The van der Waals surface area contributed by atoms with Crippen molar-refractivity contribution in [1.82, 2.24) is 19.0 Å². The number of carbonyl (C=O) groups is 1. The molecule has 1 N–H and O–H groups in total. The van der Waals surface area contributed by atoms with Crippen LogP contribution in [-0.2, 0) is 9.53 Å². The molecule has 0 radical (unpaired) electrons. The number of nitrogens with zero attached hydrogens (tertiary/aromatic N) is 3. The van der Waals surface area contributed by atoms with E-state index in [1.807, 2.05) is 19.1 Å². The standard InChI is InChI=1S/C28H26N4O7/c1-19-6-5-7-20(16-19)31-26(34)29-27(35)32(28(31)36)21-10-11-23(39-22-8-3-2-4-9-22)24(17-21)38-18-25(33)30-12-14-37-15-13-30/h2-11,16-17H,12-15,18H2,1H3,(H,29,34,35). The molecule has 4 aromatic rings. The van der Waals surface area contributed by atoms with Gasteiger partial charge in [-0.1, -0.05) is 30.3 Å². The van der Waals surface area contributed by atoms with E-state index in [9.17, 15) is 19.2 Å². The van der Waals surface area contributed by atoms with E-state index in [1.165, 1.54) is 18.2 Å². The highest BCUT2D eigenvalue weighted by atomic mass is 16.5. The monoisotopic (exact) mass is 530 g/mol. The number of rotatable bonds is 7. The van der Waals surface area contributed by atoms with E-state index in [4.69, 9.17) is 14.2 Å². The number of aryl methyl sites for hydroxylation is 1. The fraction of sp³-hybridized carbons (Fsp3) is 0.214. The van der Waals surface area contributed by atoms with Crippen LogP contribution in [0.4, 0.5) is 0 Å². The summed E-state index contributed by atoms with van der Waals surface area (Å²) in [6, 6.07) is 20.2. The Bertz CT molecular complexity index is 1670. The minimum absolute atomic E-state index is 0.122. The van der Waals surface area contributed by atoms with Crippen molar-refractivity contribution in [3.8, 4) is 28.6 Å². The normalized spacial score (nSPS) is 13.2. The van der Waals surface area contributed by atoms with Crippen molar-refractivity contribution in [3.63, 3.8) is 0 Å². The summed E-state index contributed by atoms with van der Waals surface area (Å²) in [4.78, 5) is 55.4. The van der Waals surface area contributed by atoms with E-state index in [0.717, 1.165) is 14.7 Å². The fourth-order valence-electron chi connectivity index (χ4n) is 4.19. The molecule has 0 bridgehead atoms. The minimum Gasteiger partial charge on any atom is -0.480 e. The summed E-state index contributed by atoms with van der Waals surface area (Å²) in [5.41, 5.74) is -1.37. The number of hydrogen-bond acceptors (Lipinski definition) is 7. The van der Waals surface area contributed by atoms with Crippen LogP contribution in [0.1, 0.15) is 5.56 Å². The van der Waals surface area contributed by atoms with Crippen molar-refractivity contribution >= 4 is 5.91 Å². The highest BCUT2D eigenvalue weighted by Gasteiger charge is 2.20. The van der Waals surface area contributed by atoms with Gasteiger partial charge in [0.05, 0.1) is 24.6 Å². The summed E-state index contributed by atoms with van der Waals surface area (Å²) in [5, 5.41) is 0. The van der Waals surface area contributed by atoms with Gasteiger partial charge in [-0.15, -0.1) is 0 Å². The number of nitrogens with one attached hydrogen (secondary N) is 1. The highest BCUT2D eigenvalue weighted by Crippen LogP contribution is 2.33. The predicted octanol–water partition coefficient (Wildman–Crippen LogP) is 2.02. The average molecular weight is 531 g/mol. The van der Waals surface area contributed by atoms with Gasteiger partial charge < -0.3 is 19.1 Å². The van der Waals surface area contributed by atoms with E-state index >= 15 is 0 Å². The lowest BCUT2D eigenvalue weighted by atomic mass is 10.2. The number of carbonyl (C=O) groups excluding carboxylic acids is 1. The van der Waals surface area contributed by atoms with Gasteiger partial charge in [0.2, 0.25) is 0 Å². The Morgan fingerprint density at radius 3 is 2.23 bits per heavy atom. The molecule has 0 saturated carbocycles. The Balaban J connectivity index is 1.55. The van der Waals surface area contributed by atoms with Crippen molar-refractivity contribution in [1.29, 1.82) is 0 Å². The van der Waals surface area contributed by atoms with E-state index in [-0.39, 0.29) is 29.7 Å². The molecule has 5 rings (SSSR count). The average Bonchev–Trinajstić information content (AvgIpc) is 2.93. The van der Waals surface area contributed by atoms with Crippen LogP contribution in [-0.4, -0.2) is 57.8 Å². The van der Waals surface area contributed by atoms with Crippen LogP contribution >= 0.6 is 0 Å². The summed E-state index contributed by atoms with van der Waals surface area (Å²) in [6.45, 7) is 3.36. The highest BCUT2D eigenvalue weighted by molar-refractivity contribution is 5.78. The van der Waals surface area contributed by atoms with Crippen LogP contribution in [0.3, 0.4) is 0 Å². The predicted molar refractivity (Wildman–Crippen MR) is 142 cm³/mol. The Labute approximate surface area is 222 Å². The number of para-hydroxylation sites is 1. The largest absolute Gasteiger partial charge is 0.480 e. The zero-order valence-corrected chi connectivity index (χ0v) is 21.2. The lowest BCUT2D eigenvalue weighted by Crippen LogP contribution is -2.48. The third-order valence-electron chi connectivity index (χ3n) is 6.13. The molecule has 2 heterocycles. The molecule has 1 amide bonds. The van der Waals surface area contributed by atoms with E-state index in [1.54, 1.807) is 47.4 Å². The van der Waals surface area contributed by atoms with Crippen LogP contribution in [0, 0.1) is 6.92 Å². The Morgan fingerprint density at radius 2 is 1.54 bits per heavy atom. The summed E-state index contributed by atoms with van der Waals surface area (Å²) < 4.78 is 18.8.